The van der Waals surface area contributed by atoms with Crippen LogP contribution in [-0.4, -0.2) is 84.2 Å². The maximum absolute atomic E-state index is 13.6. The van der Waals surface area contributed by atoms with Crippen LogP contribution in [0, 0.1) is 0 Å². The molecular weight excluding hydrogens is 464 g/mol. The molecule has 0 aliphatic carbocycles. The van der Waals surface area contributed by atoms with Crippen LogP contribution in [0.1, 0.15) is 24.0 Å². The maximum atomic E-state index is 13.6. The van der Waals surface area contributed by atoms with Gasteiger partial charge in [0.25, 0.3) is 0 Å². The number of rotatable bonds is 10. The van der Waals surface area contributed by atoms with Crippen molar-refractivity contribution in [1.82, 2.24) is 30.5 Å². The third kappa shape index (κ3) is 6.02. The molecule has 2 amide bonds. The van der Waals surface area contributed by atoms with Gasteiger partial charge in [0.05, 0.1) is 19.8 Å². The largest absolute Gasteiger partial charge is 0.333 e. The van der Waals surface area contributed by atoms with E-state index in [0.29, 0.717) is 31.2 Å². The number of amides is 2. The van der Waals surface area contributed by atoms with Gasteiger partial charge in [-0.25, -0.2) is 10.0 Å². The predicted molar refractivity (Wildman–Crippen MR) is 137 cm³/mol. The molecule has 2 heterocycles. The topological polar surface area (TPSA) is 71.2 Å². The van der Waals surface area contributed by atoms with E-state index in [1.807, 2.05) is 71.4 Å². The SMILES string of the molecule is CNCCC[C@H]1C(=O)N(Cc2ccccc2Cl)CC2N1C(=O)CN(C)N2CNCc1ccccc1. The normalized spacial score (nSPS) is 21.5. The summed E-state index contributed by atoms with van der Waals surface area (Å²) in [7, 11) is 3.83. The number of nitrogens with zero attached hydrogens (tertiary/aromatic N) is 4. The summed E-state index contributed by atoms with van der Waals surface area (Å²) in [6.07, 6.45) is 1.19. The first-order valence-electron chi connectivity index (χ1n) is 12.2. The van der Waals surface area contributed by atoms with Crippen LogP contribution in [0.25, 0.3) is 0 Å². The summed E-state index contributed by atoms with van der Waals surface area (Å²) in [5.41, 5.74) is 2.11. The summed E-state index contributed by atoms with van der Waals surface area (Å²) in [5, 5.41) is 11.4. The van der Waals surface area contributed by atoms with E-state index in [2.05, 4.69) is 27.8 Å². The lowest BCUT2D eigenvalue weighted by atomic mass is 10.0. The Kier molecular flexibility index (Phi) is 8.75. The van der Waals surface area contributed by atoms with Crippen LogP contribution in [0.15, 0.2) is 54.6 Å². The van der Waals surface area contributed by atoms with Crippen LogP contribution >= 0.6 is 11.6 Å². The van der Waals surface area contributed by atoms with Crippen LogP contribution in [0.5, 0.6) is 0 Å². The van der Waals surface area contributed by atoms with Gasteiger partial charge in [0.15, 0.2) is 0 Å². The summed E-state index contributed by atoms with van der Waals surface area (Å²) in [6.45, 7) is 3.19. The van der Waals surface area contributed by atoms with E-state index in [1.54, 1.807) is 0 Å². The van der Waals surface area contributed by atoms with Gasteiger partial charge in [0, 0.05) is 25.2 Å². The molecular formula is C26H35ClN6O2. The zero-order valence-corrected chi connectivity index (χ0v) is 21.2. The fraction of sp³-hybridized carbons (Fsp3) is 0.462. The lowest BCUT2D eigenvalue weighted by molar-refractivity contribution is -0.201. The minimum absolute atomic E-state index is 0.00277. The number of likely N-dealkylation sites (N-methyl/N-ethyl adjacent to an activating group) is 1. The second-order valence-corrected chi connectivity index (χ2v) is 9.59. The Balaban J connectivity index is 1.56. The fourth-order valence-corrected chi connectivity index (χ4v) is 5.13. The van der Waals surface area contributed by atoms with Crippen molar-refractivity contribution >= 4 is 23.4 Å². The van der Waals surface area contributed by atoms with Crippen LogP contribution in [-0.2, 0) is 22.7 Å². The van der Waals surface area contributed by atoms with Crippen molar-refractivity contribution in [1.29, 1.82) is 0 Å². The molecule has 2 aromatic rings. The number of nitrogens with one attached hydrogen (secondary N) is 2. The minimum Gasteiger partial charge on any atom is -0.333 e. The molecule has 0 spiro atoms. The molecule has 35 heavy (non-hydrogen) atoms. The highest BCUT2D eigenvalue weighted by atomic mass is 35.5. The van der Waals surface area contributed by atoms with Crippen LogP contribution in [0.2, 0.25) is 5.02 Å². The third-order valence-electron chi connectivity index (χ3n) is 6.74. The van der Waals surface area contributed by atoms with Crippen LogP contribution < -0.4 is 10.6 Å². The lowest BCUT2D eigenvalue weighted by Crippen LogP contribution is -2.74. The predicted octanol–water partition coefficient (Wildman–Crippen LogP) is 2.11. The Bertz CT molecular complexity index is 1010. The molecule has 2 N–H and O–H groups in total. The van der Waals surface area contributed by atoms with Gasteiger partial charge in [0.1, 0.15) is 12.2 Å². The van der Waals surface area contributed by atoms with Gasteiger partial charge in [-0.2, -0.15) is 0 Å². The number of hydrazine groups is 1. The summed E-state index contributed by atoms with van der Waals surface area (Å²) in [6, 6.07) is 17.4. The van der Waals surface area contributed by atoms with Gasteiger partial charge in [-0.3, -0.25) is 14.9 Å². The van der Waals surface area contributed by atoms with Crippen LogP contribution in [0.4, 0.5) is 0 Å². The minimum atomic E-state index is -0.484. The molecule has 2 saturated heterocycles. The Hall–Kier alpha value is -2.49. The van der Waals surface area contributed by atoms with E-state index < -0.39 is 6.04 Å². The molecule has 2 aliphatic rings. The molecule has 0 bridgehead atoms. The Morgan fingerprint density at radius 2 is 1.80 bits per heavy atom. The average molecular weight is 499 g/mol. The number of carbonyl (C=O) groups is 2. The molecule has 0 radical (unpaired) electrons. The highest BCUT2D eigenvalue weighted by molar-refractivity contribution is 6.31. The van der Waals surface area contributed by atoms with E-state index >= 15 is 0 Å². The Labute approximate surface area is 212 Å². The number of hydrogen-bond donors (Lipinski definition) is 2. The molecule has 1 unspecified atom stereocenters. The van der Waals surface area contributed by atoms with Crippen molar-refractivity contribution in [3.05, 3.63) is 70.7 Å². The zero-order valence-electron chi connectivity index (χ0n) is 20.5. The number of halogens is 1. The summed E-state index contributed by atoms with van der Waals surface area (Å²) in [4.78, 5) is 30.5. The zero-order chi connectivity index (χ0) is 24.8. The van der Waals surface area contributed by atoms with Crippen molar-refractivity contribution in [3.8, 4) is 0 Å². The molecule has 9 heteroatoms. The van der Waals surface area contributed by atoms with Gasteiger partial charge in [-0.1, -0.05) is 60.1 Å². The smallest absolute Gasteiger partial charge is 0.245 e. The van der Waals surface area contributed by atoms with Crippen molar-refractivity contribution < 1.29 is 9.59 Å². The van der Waals surface area contributed by atoms with Crippen molar-refractivity contribution in [2.24, 2.45) is 0 Å². The first-order chi connectivity index (χ1) is 17.0. The average Bonchev–Trinajstić information content (AvgIpc) is 2.85. The number of hydrogen-bond acceptors (Lipinski definition) is 6. The van der Waals surface area contributed by atoms with Crippen LogP contribution in [0.3, 0.4) is 0 Å². The Morgan fingerprint density at radius 1 is 1.06 bits per heavy atom. The molecule has 8 nitrogen and oxygen atoms in total. The lowest BCUT2D eigenvalue weighted by Gasteiger charge is -2.55. The van der Waals surface area contributed by atoms with E-state index in [0.717, 1.165) is 25.1 Å². The van der Waals surface area contributed by atoms with Gasteiger partial charge >= 0.3 is 0 Å². The second kappa shape index (κ2) is 12.0. The van der Waals surface area contributed by atoms with Gasteiger partial charge in [-0.15, -0.1) is 0 Å². The Morgan fingerprint density at radius 3 is 2.54 bits per heavy atom. The molecule has 2 aliphatic heterocycles. The standard InChI is InChI=1S/C26H35ClN6O2/c1-28-14-8-13-23-26(35)31(16-21-11-6-7-12-22(21)27)17-24-32(30(2)18-25(34)33(23)24)19-29-15-20-9-4-3-5-10-20/h3-7,9-12,23-24,28-29H,8,13-19H2,1-2H3/t23-,24?/m0/s1. The molecule has 188 valence electrons. The van der Waals surface area contributed by atoms with Crippen molar-refractivity contribution in [2.45, 2.75) is 38.1 Å². The molecule has 4 rings (SSSR count). The first kappa shape index (κ1) is 25.6. The first-order valence-corrected chi connectivity index (χ1v) is 12.6. The highest BCUT2D eigenvalue weighted by Gasteiger charge is 2.48. The van der Waals surface area contributed by atoms with E-state index in [9.17, 15) is 9.59 Å². The third-order valence-corrected chi connectivity index (χ3v) is 7.11. The molecule has 2 aromatic carbocycles. The van der Waals surface area contributed by atoms with Crippen molar-refractivity contribution in [3.63, 3.8) is 0 Å². The van der Waals surface area contributed by atoms with E-state index in [4.69, 9.17) is 11.6 Å². The number of fused-ring (bicyclic) bond motifs is 1. The van der Waals surface area contributed by atoms with Gasteiger partial charge in [-0.05, 0) is 43.6 Å². The summed E-state index contributed by atoms with van der Waals surface area (Å²) in [5.74, 6) is -0.00983. The quantitative estimate of drug-likeness (QED) is 0.489. The molecule has 2 atom stereocenters. The number of piperazine rings is 1. The number of benzene rings is 2. The molecule has 0 aromatic heterocycles. The highest BCUT2D eigenvalue weighted by Crippen LogP contribution is 2.29. The van der Waals surface area contributed by atoms with E-state index in [-0.39, 0.29) is 24.5 Å². The van der Waals surface area contributed by atoms with E-state index in [1.165, 1.54) is 5.56 Å². The molecule has 2 fully saturated rings. The fourth-order valence-electron chi connectivity index (χ4n) is 4.93. The van der Waals surface area contributed by atoms with Gasteiger partial charge in [0.2, 0.25) is 11.8 Å². The summed E-state index contributed by atoms with van der Waals surface area (Å²) >= 11 is 6.43. The molecule has 0 saturated carbocycles. The maximum Gasteiger partial charge on any atom is 0.245 e. The van der Waals surface area contributed by atoms with Gasteiger partial charge < -0.3 is 15.1 Å². The second-order valence-electron chi connectivity index (χ2n) is 9.18. The number of carbonyl (C=O) groups excluding carboxylic acids is 2. The van der Waals surface area contributed by atoms with Crippen molar-refractivity contribution in [2.75, 3.05) is 40.4 Å². The summed E-state index contributed by atoms with van der Waals surface area (Å²) < 4.78 is 0. The monoisotopic (exact) mass is 498 g/mol.